The van der Waals surface area contributed by atoms with Gasteiger partial charge in [0.05, 0.1) is 12.9 Å². The molecule has 0 atom stereocenters. The van der Waals surface area contributed by atoms with E-state index in [0.29, 0.717) is 22.2 Å². The van der Waals surface area contributed by atoms with E-state index in [2.05, 4.69) is 9.97 Å². The zero-order chi connectivity index (χ0) is 19.7. The molecule has 9 heteroatoms. The van der Waals surface area contributed by atoms with Crippen molar-refractivity contribution in [3.05, 3.63) is 56.5 Å². The predicted octanol–water partition coefficient (Wildman–Crippen LogP) is 1.32. The lowest BCUT2D eigenvalue weighted by molar-refractivity contribution is 0.102. The number of methoxy groups -OCH3 is 1. The monoisotopic (exact) mass is 386 g/mol. The number of carbonyl (C=O) groups excluding carboxylic acids is 1. The largest absolute Gasteiger partial charge is 0.497 e. The van der Waals surface area contributed by atoms with Crippen LogP contribution in [0.25, 0.3) is 11.0 Å². The third-order valence-electron chi connectivity index (χ3n) is 4.13. The van der Waals surface area contributed by atoms with E-state index in [4.69, 9.17) is 4.74 Å². The fourth-order valence-electron chi connectivity index (χ4n) is 2.63. The molecule has 0 aliphatic rings. The Labute approximate surface area is 158 Å². The summed E-state index contributed by atoms with van der Waals surface area (Å²) >= 11 is 1.15. The third kappa shape index (κ3) is 3.50. The van der Waals surface area contributed by atoms with Crippen LogP contribution in [0.15, 0.2) is 38.9 Å². The fourth-order valence-corrected chi connectivity index (χ4v) is 3.59. The Morgan fingerprint density at radius 3 is 2.41 bits per heavy atom. The van der Waals surface area contributed by atoms with E-state index in [1.165, 1.54) is 11.6 Å². The number of hydrogen-bond acceptors (Lipinski definition) is 7. The molecule has 0 fully saturated rings. The van der Waals surface area contributed by atoms with Crippen molar-refractivity contribution in [1.29, 1.82) is 0 Å². The summed E-state index contributed by atoms with van der Waals surface area (Å²) in [5, 5.41) is 0.619. The summed E-state index contributed by atoms with van der Waals surface area (Å²) in [4.78, 5) is 45.7. The standard InChI is InChI=1S/C18H18N4O4S/c1-10-19-15-14(17(24)22(3)18(25)21(15)2)16(20-10)27-9-13(23)11-5-7-12(26-4)8-6-11/h5-8H,9H2,1-4H3. The lowest BCUT2D eigenvalue weighted by Crippen LogP contribution is -2.37. The maximum atomic E-state index is 12.6. The zero-order valence-corrected chi connectivity index (χ0v) is 16.2. The number of hydrogen-bond donors (Lipinski definition) is 0. The van der Waals surface area contributed by atoms with Crippen LogP contribution in [-0.2, 0) is 14.1 Å². The van der Waals surface area contributed by atoms with Crippen LogP contribution in [0.5, 0.6) is 5.75 Å². The minimum atomic E-state index is -0.479. The van der Waals surface area contributed by atoms with Crippen LogP contribution in [0.4, 0.5) is 0 Å². The number of nitrogens with zero attached hydrogens (tertiary/aromatic N) is 4. The first kappa shape index (κ1) is 18.8. The first-order valence-corrected chi connectivity index (χ1v) is 9.06. The maximum Gasteiger partial charge on any atom is 0.332 e. The van der Waals surface area contributed by atoms with E-state index in [1.54, 1.807) is 45.3 Å². The molecule has 140 valence electrons. The van der Waals surface area contributed by atoms with Crippen LogP contribution in [0.2, 0.25) is 0 Å². The van der Waals surface area contributed by atoms with Gasteiger partial charge in [-0.1, -0.05) is 11.8 Å². The van der Waals surface area contributed by atoms with Crippen molar-refractivity contribution in [2.75, 3.05) is 12.9 Å². The SMILES string of the molecule is COc1ccc(C(=O)CSc2nc(C)nc3c2c(=O)n(C)c(=O)n3C)cc1. The molecule has 0 amide bonds. The van der Waals surface area contributed by atoms with Crippen molar-refractivity contribution in [3.8, 4) is 5.75 Å². The van der Waals surface area contributed by atoms with Crippen LogP contribution >= 0.6 is 11.8 Å². The normalized spacial score (nSPS) is 11.0. The molecule has 0 saturated heterocycles. The van der Waals surface area contributed by atoms with Crippen molar-refractivity contribution in [2.45, 2.75) is 11.9 Å². The van der Waals surface area contributed by atoms with Crippen LogP contribution in [0.1, 0.15) is 16.2 Å². The first-order valence-electron chi connectivity index (χ1n) is 8.08. The molecule has 0 saturated carbocycles. The van der Waals surface area contributed by atoms with Gasteiger partial charge in [-0.3, -0.25) is 18.7 Å². The molecule has 2 aromatic heterocycles. The molecule has 0 bridgehead atoms. The van der Waals surface area contributed by atoms with Gasteiger partial charge in [-0.2, -0.15) is 0 Å². The van der Waals surface area contributed by atoms with Crippen molar-refractivity contribution >= 4 is 28.6 Å². The number of ether oxygens (including phenoxy) is 1. The molecular weight excluding hydrogens is 368 g/mol. The van der Waals surface area contributed by atoms with Crippen LogP contribution < -0.4 is 16.0 Å². The number of carbonyl (C=O) groups is 1. The fraction of sp³-hybridized carbons (Fsp3) is 0.278. The minimum absolute atomic E-state index is 0.101. The van der Waals surface area contributed by atoms with Crippen LogP contribution in [0, 0.1) is 6.92 Å². The number of ketones is 1. The lowest BCUT2D eigenvalue weighted by Gasteiger charge is -2.10. The van der Waals surface area contributed by atoms with Gasteiger partial charge in [-0.25, -0.2) is 14.8 Å². The van der Waals surface area contributed by atoms with E-state index >= 15 is 0 Å². The molecule has 3 aromatic rings. The maximum absolute atomic E-state index is 12.6. The number of thioether (sulfide) groups is 1. The second kappa shape index (κ2) is 7.36. The van der Waals surface area contributed by atoms with Crippen LogP contribution in [-0.4, -0.2) is 37.7 Å². The average Bonchev–Trinajstić information content (AvgIpc) is 2.68. The summed E-state index contributed by atoms with van der Waals surface area (Å²) in [6, 6.07) is 6.81. The molecule has 1 aromatic carbocycles. The number of benzene rings is 1. The average molecular weight is 386 g/mol. The summed E-state index contributed by atoms with van der Waals surface area (Å²) in [5.74, 6) is 1.09. The van der Waals surface area contributed by atoms with Gasteiger partial charge >= 0.3 is 5.69 Å². The molecule has 2 heterocycles. The zero-order valence-electron chi connectivity index (χ0n) is 15.3. The molecule has 0 N–H and O–H groups in total. The lowest BCUT2D eigenvalue weighted by atomic mass is 10.1. The Balaban J connectivity index is 1.98. The summed E-state index contributed by atoms with van der Waals surface area (Å²) in [6.07, 6.45) is 0. The molecule has 0 aliphatic carbocycles. The van der Waals surface area contributed by atoms with Gasteiger partial charge in [0.2, 0.25) is 0 Å². The van der Waals surface area contributed by atoms with Gasteiger partial charge in [0.25, 0.3) is 5.56 Å². The molecular formula is C18H18N4O4S. The Morgan fingerprint density at radius 1 is 1.11 bits per heavy atom. The molecule has 0 aliphatic heterocycles. The highest BCUT2D eigenvalue weighted by Crippen LogP contribution is 2.23. The predicted molar refractivity (Wildman–Crippen MR) is 103 cm³/mol. The smallest absolute Gasteiger partial charge is 0.332 e. The van der Waals surface area contributed by atoms with Gasteiger partial charge in [-0.15, -0.1) is 0 Å². The van der Waals surface area contributed by atoms with Crippen molar-refractivity contribution in [2.24, 2.45) is 14.1 Å². The Kier molecular flexibility index (Phi) is 5.13. The van der Waals surface area contributed by atoms with E-state index < -0.39 is 11.2 Å². The summed E-state index contributed by atoms with van der Waals surface area (Å²) in [6.45, 7) is 1.68. The Morgan fingerprint density at radius 2 is 1.78 bits per heavy atom. The quantitative estimate of drug-likeness (QED) is 0.371. The third-order valence-corrected chi connectivity index (χ3v) is 5.11. The van der Waals surface area contributed by atoms with Crippen LogP contribution in [0.3, 0.4) is 0 Å². The van der Waals surface area contributed by atoms with E-state index in [-0.39, 0.29) is 22.6 Å². The summed E-state index contributed by atoms with van der Waals surface area (Å²) in [5.41, 5.74) is -0.142. The first-order chi connectivity index (χ1) is 12.8. The molecule has 8 nitrogen and oxygen atoms in total. The summed E-state index contributed by atoms with van der Waals surface area (Å²) < 4.78 is 7.40. The number of aromatic nitrogens is 4. The van der Waals surface area contributed by atoms with E-state index in [9.17, 15) is 14.4 Å². The van der Waals surface area contributed by atoms with Crippen molar-refractivity contribution in [3.63, 3.8) is 0 Å². The van der Waals surface area contributed by atoms with Crippen molar-refractivity contribution in [1.82, 2.24) is 19.1 Å². The molecule has 3 rings (SSSR count). The minimum Gasteiger partial charge on any atom is -0.497 e. The summed E-state index contributed by atoms with van der Waals surface area (Å²) in [7, 11) is 4.51. The second-order valence-electron chi connectivity index (χ2n) is 5.92. The van der Waals surface area contributed by atoms with Gasteiger partial charge in [0.15, 0.2) is 11.4 Å². The van der Waals surface area contributed by atoms with E-state index in [1.807, 2.05) is 0 Å². The second-order valence-corrected chi connectivity index (χ2v) is 6.88. The molecule has 27 heavy (non-hydrogen) atoms. The van der Waals surface area contributed by atoms with Gasteiger partial charge in [-0.05, 0) is 31.2 Å². The van der Waals surface area contributed by atoms with Gasteiger partial charge in [0, 0.05) is 19.7 Å². The van der Waals surface area contributed by atoms with Crippen molar-refractivity contribution < 1.29 is 9.53 Å². The Hall–Kier alpha value is -2.94. The molecule has 0 spiro atoms. The highest BCUT2D eigenvalue weighted by atomic mass is 32.2. The van der Waals surface area contributed by atoms with Gasteiger partial charge < -0.3 is 4.74 Å². The topological polar surface area (TPSA) is 96.1 Å². The number of fused-ring (bicyclic) bond motifs is 1. The van der Waals surface area contributed by atoms with Gasteiger partial charge in [0.1, 0.15) is 22.0 Å². The highest BCUT2D eigenvalue weighted by Gasteiger charge is 2.17. The molecule has 0 radical (unpaired) electrons. The number of Topliss-reactive ketones (excluding diaryl/α,β-unsaturated/α-hetero) is 1. The molecule has 0 unspecified atom stereocenters. The number of rotatable bonds is 5. The Bertz CT molecular complexity index is 1150. The highest BCUT2D eigenvalue weighted by molar-refractivity contribution is 8.00. The van der Waals surface area contributed by atoms with E-state index in [0.717, 1.165) is 16.3 Å². The number of aryl methyl sites for hydroxylation is 2.